The highest BCUT2D eigenvalue weighted by Gasteiger charge is 2.17. The Kier molecular flexibility index (Phi) is 5.00. The molecule has 0 bridgehead atoms. The van der Waals surface area contributed by atoms with Gasteiger partial charge in [0, 0.05) is 4.88 Å². The largest absolute Gasteiger partial charge is 0.507 e. The lowest BCUT2D eigenvalue weighted by Gasteiger charge is -2.12. The summed E-state index contributed by atoms with van der Waals surface area (Å²) >= 11 is 1.54. The molecule has 0 fully saturated rings. The van der Waals surface area contributed by atoms with Crippen molar-refractivity contribution in [3.05, 3.63) is 64.4 Å². The second-order valence-electron chi connectivity index (χ2n) is 5.60. The van der Waals surface area contributed by atoms with Gasteiger partial charge in [-0.25, -0.2) is 4.79 Å². The summed E-state index contributed by atoms with van der Waals surface area (Å²) in [6, 6.07) is 14.1. The SMILES string of the molecule is C[C@@H](NC(=O)COC(=O)c1cc2ccccc2cc1O)c1cccs1. The molecule has 3 aromatic rings. The average molecular weight is 355 g/mol. The summed E-state index contributed by atoms with van der Waals surface area (Å²) in [7, 11) is 0. The standard InChI is InChI=1S/C19H17NO4S/c1-12(17-7-4-8-25-17)20-18(22)11-24-19(23)15-9-13-5-2-3-6-14(13)10-16(15)21/h2-10,12,21H,11H2,1H3,(H,20,22)/t12-/m1/s1. The van der Waals surface area contributed by atoms with E-state index in [2.05, 4.69) is 5.32 Å². The number of nitrogens with one attached hydrogen (secondary N) is 1. The third kappa shape index (κ3) is 3.97. The van der Waals surface area contributed by atoms with E-state index in [4.69, 9.17) is 4.74 Å². The Morgan fingerprint density at radius 2 is 1.88 bits per heavy atom. The van der Waals surface area contributed by atoms with Crippen LogP contribution in [0, 0.1) is 0 Å². The highest BCUT2D eigenvalue weighted by atomic mass is 32.1. The van der Waals surface area contributed by atoms with Gasteiger partial charge in [0.15, 0.2) is 6.61 Å². The van der Waals surface area contributed by atoms with Gasteiger partial charge in [0.1, 0.15) is 11.3 Å². The van der Waals surface area contributed by atoms with Crippen LogP contribution in [0.2, 0.25) is 0 Å². The van der Waals surface area contributed by atoms with Crippen LogP contribution in [0.4, 0.5) is 0 Å². The molecule has 0 aliphatic carbocycles. The molecule has 1 heterocycles. The number of phenols is 1. The Labute approximate surface area is 148 Å². The van der Waals surface area contributed by atoms with Crippen molar-refractivity contribution >= 4 is 34.0 Å². The predicted octanol–water partition coefficient (Wildman–Crippen LogP) is 3.64. The summed E-state index contributed by atoms with van der Waals surface area (Å²) in [5, 5.41) is 16.3. The van der Waals surface area contributed by atoms with Gasteiger partial charge in [-0.3, -0.25) is 4.79 Å². The van der Waals surface area contributed by atoms with Crippen LogP contribution in [0.5, 0.6) is 5.75 Å². The van der Waals surface area contributed by atoms with Crippen molar-refractivity contribution in [2.24, 2.45) is 0 Å². The number of phenolic OH excluding ortho intramolecular Hbond substituents is 1. The van der Waals surface area contributed by atoms with Gasteiger partial charge in [-0.2, -0.15) is 0 Å². The predicted molar refractivity (Wildman–Crippen MR) is 96.8 cm³/mol. The first-order valence-corrected chi connectivity index (χ1v) is 8.64. The monoisotopic (exact) mass is 355 g/mol. The number of amides is 1. The maximum Gasteiger partial charge on any atom is 0.342 e. The van der Waals surface area contributed by atoms with Gasteiger partial charge in [0.25, 0.3) is 5.91 Å². The molecule has 1 amide bonds. The van der Waals surface area contributed by atoms with Crippen molar-refractivity contribution < 1.29 is 19.4 Å². The summed E-state index contributed by atoms with van der Waals surface area (Å²) in [5.74, 6) is -1.30. The first-order chi connectivity index (χ1) is 12.0. The van der Waals surface area contributed by atoms with E-state index in [0.29, 0.717) is 0 Å². The molecule has 2 aromatic carbocycles. The topological polar surface area (TPSA) is 75.6 Å². The number of thiophene rings is 1. The summed E-state index contributed by atoms with van der Waals surface area (Å²) in [6.45, 7) is 1.46. The molecule has 25 heavy (non-hydrogen) atoms. The molecule has 0 saturated heterocycles. The third-order valence-corrected chi connectivity index (χ3v) is 4.82. The number of hydrogen-bond donors (Lipinski definition) is 2. The van der Waals surface area contributed by atoms with E-state index in [1.807, 2.05) is 48.7 Å². The normalized spacial score (nSPS) is 11.9. The molecule has 0 spiro atoms. The van der Waals surface area contributed by atoms with E-state index in [-0.39, 0.29) is 17.4 Å². The van der Waals surface area contributed by atoms with Crippen LogP contribution in [0.1, 0.15) is 28.2 Å². The zero-order valence-corrected chi connectivity index (χ0v) is 14.4. The molecule has 5 nitrogen and oxygen atoms in total. The Morgan fingerprint density at radius 1 is 1.16 bits per heavy atom. The zero-order valence-electron chi connectivity index (χ0n) is 13.6. The first kappa shape index (κ1) is 17.0. The highest BCUT2D eigenvalue weighted by Crippen LogP contribution is 2.25. The molecule has 128 valence electrons. The first-order valence-electron chi connectivity index (χ1n) is 7.76. The lowest BCUT2D eigenvalue weighted by Crippen LogP contribution is -2.30. The Hall–Kier alpha value is -2.86. The van der Waals surface area contributed by atoms with Crippen LogP contribution in [0.15, 0.2) is 53.9 Å². The fraction of sp³-hybridized carbons (Fsp3) is 0.158. The van der Waals surface area contributed by atoms with Gasteiger partial charge in [0.05, 0.1) is 6.04 Å². The summed E-state index contributed by atoms with van der Waals surface area (Å²) in [5.41, 5.74) is 0.0396. The van der Waals surface area contributed by atoms with Crippen molar-refractivity contribution in [3.8, 4) is 5.75 Å². The molecular weight excluding hydrogens is 338 g/mol. The highest BCUT2D eigenvalue weighted by molar-refractivity contribution is 7.10. The number of carbonyl (C=O) groups excluding carboxylic acids is 2. The van der Waals surface area contributed by atoms with E-state index in [1.54, 1.807) is 17.4 Å². The van der Waals surface area contributed by atoms with Crippen LogP contribution in [-0.2, 0) is 9.53 Å². The fourth-order valence-corrected chi connectivity index (χ4v) is 3.23. The molecule has 2 N–H and O–H groups in total. The Balaban J connectivity index is 1.62. The lowest BCUT2D eigenvalue weighted by atomic mass is 10.1. The quantitative estimate of drug-likeness (QED) is 0.685. The number of carbonyl (C=O) groups is 2. The van der Waals surface area contributed by atoms with Gasteiger partial charge in [-0.15, -0.1) is 11.3 Å². The molecular formula is C19H17NO4S. The molecule has 0 unspecified atom stereocenters. The average Bonchev–Trinajstić information content (AvgIpc) is 3.14. The van der Waals surface area contributed by atoms with Crippen molar-refractivity contribution in [2.45, 2.75) is 13.0 Å². The van der Waals surface area contributed by atoms with Gasteiger partial charge in [-0.05, 0) is 41.3 Å². The number of rotatable bonds is 5. The Bertz CT molecular complexity index is 905. The van der Waals surface area contributed by atoms with Crippen LogP contribution in [0.25, 0.3) is 10.8 Å². The third-order valence-electron chi connectivity index (χ3n) is 3.77. The van der Waals surface area contributed by atoms with Crippen molar-refractivity contribution in [1.82, 2.24) is 5.32 Å². The van der Waals surface area contributed by atoms with Crippen molar-refractivity contribution in [2.75, 3.05) is 6.61 Å². The maximum atomic E-state index is 12.2. The lowest BCUT2D eigenvalue weighted by molar-refractivity contribution is -0.124. The zero-order chi connectivity index (χ0) is 17.8. The van der Waals surface area contributed by atoms with E-state index < -0.39 is 18.5 Å². The number of ether oxygens (including phenoxy) is 1. The molecule has 6 heteroatoms. The molecule has 0 aliphatic rings. The minimum atomic E-state index is -0.734. The number of benzene rings is 2. The molecule has 3 rings (SSSR count). The molecule has 1 atom stereocenters. The fourth-order valence-electron chi connectivity index (χ4n) is 2.49. The van der Waals surface area contributed by atoms with E-state index in [0.717, 1.165) is 15.6 Å². The number of hydrogen-bond acceptors (Lipinski definition) is 5. The Morgan fingerprint density at radius 3 is 2.56 bits per heavy atom. The number of aromatic hydroxyl groups is 1. The van der Waals surface area contributed by atoms with Gasteiger partial charge in [0.2, 0.25) is 0 Å². The van der Waals surface area contributed by atoms with Gasteiger partial charge < -0.3 is 15.2 Å². The number of fused-ring (bicyclic) bond motifs is 1. The second kappa shape index (κ2) is 7.36. The van der Waals surface area contributed by atoms with Crippen LogP contribution in [0.3, 0.4) is 0 Å². The number of esters is 1. The smallest absolute Gasteiger partial charge is 0.342 e. The van der Waals surface area contributed by atoms with Crippen LogP contribution >= 0.6 is 11.3 Å². The van der Waals surface area contributed by atoms with Crippen LogP contribution in [-0.4, -0.2) is 23.6 Å². The van der Waals surface area contributed by atoms with Crippen molar-refractivity contribution in [1.29, 1.82) is 0 Å². The van der Waals surface area contributed by atoms with Crippen LogP contribution < -0.4 is 5.32 Å². The summed E-state index contributed by atoms with van der Waals surface area (Å²) in [6.07, 6.45) is 0. The van der Waals surface area contributed by atoms with Gasteiger partial charge in [-0.1, -0.05) is 30.3 Å². The van der Waals surface area contributed by atoms with Gasteiger partial charge >= 0.3 is 5.97 Å². The van der Waals surface area contributed by atoms with E-state index in [1.165, 1.54) is 6.07 Å². The molecule has 0 aliphatic heterocycles. The minimum absolute atomic E-state index is 0.0396. The molecule has 1 aromatic heterocycles. The minimum Gasteiger partial charge on any atom is -0.507 e. The molecule has 0 radical (unpaired) electrons. The van der Waals surface area contributed by atoms with E-state index in [9.17, 15) is 14.7 Å². The summed E-state index contributed by atoms with van der Waals surface area (Å²) in [4.78, 5) is 25.1. The maximum absolute atomic E-state index is 12.2. The second-order valence-corrected chi connectivity index (χ2v) is 6.58. The van der Waals surface area contributed by atoms with E-state index >= 15 is 0 Å². The summed E-state index contributed by atoms with van der Waals surface area (Å²) < 4.78 is 5.03. The molecule has 0 saturated carbocycles. The van der Waals surface area contributed by atoms with Crippen molar-refractivity contribution in [3.63, 3.8) is 0 Å².